The number of hydrogen-bond donors (Lipinski definition) is 1. The fourth-order valence-corrected chi connectivity index (χ4v) is 2.77. The van der Waals surface area contributed by atoms with E-state index in [9.17, 15) is 8.42 Å². The van der Waals surface area contributed by atoms with E-state index in [1.54, 1.807) is 17.9 Å². The van der Waals surface area contributed by atoms with Crippen LogP contribution in [-0.4, -0.2) is 62.9 Å². The maximum absolute atomic E-state index is 12.3. The van der Waals surface area contributed by atoms with Crippen LogP contribution >= 0.6 is 0 Å². The standard InChI is InChI=1S/C12H24N4O3S/c1-4-19-9-8-15(3)20(17,18)12-10-14-16(11-12)7-5-6-13-2/h10-11,13H,4-9H2,1-3H3. The van der Waals surface area contributed by atoms with Crippen LogP contribution in [0.4, 0.5) is 0 Å². The number of likely N-dealkylation sites (N-methyl/N-ethyl adjacent to an activating group) is 1. The molecule has 7 nitrogen and oxygen atoms in total. The Bertz CT molecular complexity index is 487. The van der Waals surface area contributed by atoms with Gasteiger partial charge in [0.25, 0.3) is 0 Å². The molecule has 1 heterocycles. The molecule has 8 heteroatoms. The number of nitrogens with one attached hydrogen (secondary N) is 1. The van der Waals surface area contributed by atoms with E-state index in [2.05, 4.69) is 10.4 Å². The molecule has 1 rings (SSSR count). The van der Waals surface area contributed by atoms with Gasteiger partial charge < -0.3 is 10.1 Å². The van der Waals surface area contributed by atoms with Crippen LogP contribution in [0, 0.1) is 0 Å². The molecule has 1 N–H and O–H groups in total. The van der Waals surface area contributed by atoms with E-state index in [-0.39, 0.29) is 4.90 Å². The van der Waals surface area contributed by atoms with Crippen LogP contribution in [-0.2, 0) is 21.3 Å². The summed E-state index contributed by atoms with van der Waals surface area (Å²) >= 11 is 0. The van der Waals surface area contributed by atoms with Crippen LogP contribution < -0.4 is 5.32 Å². The molecule has 1 aromatic rings. The average Bonchev–Trinajstić information content (AvgIpc) is 2.88. The number of hydrogen-bond acceptors (Lipinski definition) is 5. The molecule has 1 aromatic heterocycles. The fourth-order valence-electron chi connectivity index (χ4n) is 1.66. The topological polar surface area (TPSA) is 76.5 Å². The second-order valence-corrected chi connectivity index (χ2v) is 6.46. The van der Waals surface area contributed by atoms with E-state index >= 15 is 0 Å². The van der Waals surface area contributed by atoms with E-state index in [1.807, 2.05) is 14.0 Å². The molecule has 0 aliphatic heterocycles. The van der Waals surface area contributed by atoms with Crippen molar-refractivity contribution in [1.82, 2.24) is 19.4 Å². The Kier molecular flexibility index (Phi) is 7.14. The van der Waals surface area contributed by atoms with Crippen LogP contribution in [0.5, 0.6) is 0 Å². The summed E-state index contributed by atoms with van der Waals surface area (Å²) in [6.45, 7) is 4.75. The van der Waals surface area contributed by atoms with E-state index in [4.69, 9.17) is 4.74 Å². The Labute approximate surface area is 121 Å². The van der Waals surface area contributed by atoms with Crippen molar-refractivity contribution in [2.24, 2.45) is 0 Å². The molecule has 0 aromatic carbocycles. The van der Waals surface area contributed by atoms with Gasteiger partial charge in [0.1, 0.15) is 4.90 Å². The van der Waals surface area contributed by atoms with Crippen molar-refractivity contribution in [3.63, 3.8) is 0 Å². The molecule has 0 unspecified atom stereocenters. The van der Waals surface area contributed by atoms with Gasteiger partial charge >= 0.3 is 0 Å². The Morgan fingerprint density at radius 2 is 2.25 bits per heavy atom. The maximum Gasteiger partial charge on any atom is 0.246 e. The SMILES string of the molecule is CCOCCN(C)S(=O)(=O)c1cnn(CCCNC)c1. The van der Waals surface area contributed by atoms with Crippen LogP contribution in [0.3, 0.4) is 0 Å². The summed E-state index contributed by atoms with van der Waals surface area (Å²) in [5.41, 5.74) is 0. The highest BCUT2D eigenvalue weighted by Gasteiger charge is 2.22. The summed E-state index contributed by atoms with van der Waals surface area (Å²) in [4.78, 5) is 0.223. The lowest BCUT2D eigenvalue weighted by molar-refractivity contribution is 0.138. The lowest BCUT2D eigenvalue weighted by Gasteiger charge is -2.15. The first-order chi connectivity index (χ1) is 9.52. The van der Waals surface area contributed by atoms with Crippen LogP contribution in [0.15, 0.2) is 17.3 Å². The normalized spacial score (nSPS) is 12.2. The first kappa shape index (κ1) is 17.1. The van der Waals surface area contributed by atoms with Crippen LogP contribution in [0.2, 0.25) is 0 Å². The molecule has 116 valence electrons. The van der Waals surface area contributed by atoms with E-state index in [0.29, 0.717) is 26.3 Å². The van der Waals surface area contributed by atoms with Crippen molar-refractivity contribution in [2.45, 2.75) is 24.8 Å². The third kappa shape index (κ3) is 4.86. The van der Waals surface area contributed by atoms with Gasteiger partial charge in [0, 0.05) is 32.9 Å². The molecule has 0 aliphatic rings. The molecule has 0 fully saturated rings. The smallest absolute Gasteiger partial charge is 0.246 e. The number of nitrogens with zero attached hydrogens (tertiary/aromatic N) is 3. The predicted octanol–water partition coefficient (Wildman–Crippen LogP) is 0.150. The van der Waals surface area contributed by atoms with Crippen LogP contribution in [0.25, 0.3) is 0 Å². The Morgan fingerprint density at radius 3 is 2.90 bits per heavy atom. The van der Waals surface area contributed by atoms with Gasteiger partial charge in [-0.25, -0.2) is 8.42 Å². The summed E-state index contributed by atoms with van der Waals surface area (Å²) in [5.74, 6) is 0. The third-order valence-corrected chi connectivity index (χ3v) is 4.70. The molecule has 0 amide bonds. The second kappa shape index (κ2) is 8.35. The minimum absolute atomic E-state index is 0.223. The molecule has 0 radical (unpaired) electrons. The first-order valence-electron chi connectivity index (χ1n) is 6.73. The van der Waals surface area contributed by atoms with Crippen molar-refractivity contribution in [2.75, 3.05) is 40.4 Å². The molecule has 0 saturated heterocycles. The summed E-state index contributed by atoms with van der Waals surface area (Å²) in [7, 11) is -0.0453. The number of aryl methyl sites for hydroxylation is 1. The molecular formula is C12H24N4O3S. The highest BCUT2D eigenvalue weighted by molar-refractivity contribution is 7.89. The maximum atomic E-state index is 12.3. The van der Waals surface area contributed by atoms with Gasteiger partial charge in [-0.2, -0.15) is 9.40 Å². The Morgan fingerprint density at radius 1 is 1.50 bits per heavy atom. The van der Waals surface area contributed by atoms with Gasteiger partial charge in [-0.1, -0.05) is 0 Å². The molecule has 0 bridgehead atoms. The first-order valence-corrected chi connectivity index (χ1v) is 8.17. The number of rotatable bonds is 10. The zero-order valence-electron chi connectivity index (χ0n) is 12.4. The molecule has 20 heavy (non-hydrogen) atoms. The lowest BCUT2D eigenvalue weighted by Crippen LogP contribution is -2.30. The van der Waals surface area contributed by atoms with Gasteiger partial charge in [0.05, 0.1) is 12.8 Å². The quantitative estimate of drug-likeness (QED) is 0.623. The summed E-state index contributed by atoms with van der Waals surface area (Å²) < 4.78 is 32.7. The monoisotopic (exact) mass is 304 g/mol. The van der Waals surface area contributed by atoms with E-state index < -0.39 is 10.0 Å². The van der Waals surface area contributed by atoms with Crippen molar-refractivity contribution in [3.8, 4) is 0 Å². The largest absolute Gasteiger partial charge is 0.380 e. The molecule has 0 saturated carbocycles. The summed E-state index contributed by atoms with van der Waals surface area (Å²) in [5, 5.41) is 7.13. The number of sulfonamides is 1. The summed E-state index contributed by atoms with van der Waals surface area (Å²) in [6.07, 6.45) is 3.87. The van der Waals surface area contributed by atoms with Crippen molar-refractivity contribution >= 4 is 10.0 Å². The molecule has 0 aliphatic carbocycles. The number of aromatic nitrogens is 2. The van der Waals surface area contributed by atoms with Gasteiger partial charge in [-0.05, 0) is 26.9 Å². The molecule has 0 atom stereocenters. The Balaban J connectivity index is 2.62. The van der Waals surface area contributed by atoms with Crippen molar-refractivity contribution < 1.29 is 13.2 Å². The minimum Gasteiger partial charge on any atom is -0.380 e. The van der Waals surface area contributed by atoms with Gasteiger partial charge in [-0.3, -0.25) is 4.68 Å². The van der Waals surface area contributed by atoms with Crippen molar-refractivity contribution in [3.05, 3.63) is 12.4 Å². The second-order valence-electron chi connectivity index (χ2n) is 4.42. The van der Waals surface area contributed by atoms with Crippen molar-refractivity contribution in [1.29, 1.82) is 0 Å². The summed E-state index contributed by atoms with van der Waals surface area (Å²) in [6, 6.07) is 0. The zero-order valence-corrected chi connectivity index (χ0v) is 13.2. The van der Waals surface area contributed by atoms with Gasteiger partial charge in [-0.15, -0.1) is 0 Å². The highest BCUT2D eigenvalue weighted by Crippen LogP contribution is 2.13. The van der Waals surface area contributed by atoms with Gasteiger partial charge in [0.15, 0.2) is 0 Å². The molecular weight excluding hydrogens is 280 g/mol. The highest BCUT2D eigenvalue weighted by atomic mass is 32.2. The average molecular weight is 304 g/mol. The van der Waals surface area contributed by atoms with Gasteiger partial charge in [0.2, 0.25) is 10.0 Å². The Hall–Kier alpha value is -0.960. The lowest BCUT2D eigenvalue weighted by atomic mass is 10.4. The zero-order chi connectivity index (χ0) is 15.0. The van der Waals surface area contributed by atoms with E-state index in [1.165, 1.54) is 10.5 Å². The molecule has 0 spiro atoms. The number of ether oxygens (including phenoxy) is 1. The predicted molar refractivity (Wildman–Crippen MR) is 77.1 cm³/mol. The van der Waals surface area contributed by atoms with Crippen LogP contribution in [0.1, 0.15) is 13.3 Å². The van der Waals surface area contributed by atoms with E-state index in [0.717, 1.165) is 13.0 Å². The third-order valence-electron chi connectivity index (χ3n) is 2.89. The minimum atomic E-state index is -3.47. The fraction of sp³-hybridized carbons (Fsp3) is 0.750.